The molecule has 0 amide bonds. The fraction of sp³-hybridized carbons (Fsp3) is 0.357. The second-order valence-corrected chi connectivity index (χ2v) is 5.41. The molecule has 1 aromatic heterocycles. The molecule has 102 valence electrons. The topological polar surface area (TPSA) is 45.1 Å². The van der Waals surface area contributed by atoms with Crippen LogP contribution >= 0.6 is 11.3 Å². The summed E-state index contributed by atoms with van der Waals surface area (Å²) >= 11 is 1.60. The van der Waals surface area contributed by atoms with E-state index in [2.05, 4.69) is 10.3 Å². The first-order chi connectivity index (χ1) is 9.06. The fourth-order valence-corrected chi connectivity index (χ4v) is 2.58. The van der Waals surface area contributed by atoms with E-state index < -0.39 is 6.10 Å². The molecule has 19 heavy (non-hydrogen) atoms. The summed E-state index contributed by atoms with van der Waals surface area (Å²) in [5.41, 5.74) is 1.71. The van der Waals surface area contributed by atoms with Crippen molar-refractivity contribution >= 4 is 11.3 Å². The predicted molar refractivity (Wildman–Crippen MR) is 74.6 cm³/mol. The van der Waals surface area contributed by atoms with Crippen molar-refractivity contribution < 1.29 is 9.50 Å². The number of hydrogen-bond acceptors (Lipinski definition) is 4. The highest BCUT2D eigenvalue weighted by atomic mass is 32.1. The average Bonchev–Trinajstić information content (AvgIpc) is 2.83. The Hall–Kier alpha value is -1.30. The van der Waals surface area contributed by atoms with Crippen molar-refractivity contribution in [2.24, 2.45) is 0 Å². The maximum atomic E-state index is 12.8. The van der Waals surface area contributed by atoms with Gasteiger partial charge in [-0.2, -0.15) is 0 Å². The van der Waals surface area contributed by atoms with Crippen LogP contribution in [0.4, 0.5) is 4.39 Å². The number of aliphatic hydroxyl groups excluding tert-OH is 1. The molecular weight excluding hydrogens is 263 g/mol. The maximum Gasteiger partial charge on any atom is 0.123 e. The van der Waals surface area contributed by atoms with Gasteiger partial charge in [0, 0.05) is 17.6 Å². The Labute approximate surface area is 116 Å². The van der Waals surface area contributed by atoms with Crippen LogP contribution in [-0.2, 0) is 0 Å². The zero-order valence-corrected chi connectivity index (χ0v) is 11.7. The largest absolute Gasteiger partial charge is 0.387 e. The number of aryl methyl sites for hydroxylation is 1. The van der Waals surface area contributed by atoms with Crippen LogP contribution in [0.1, 0.15) is 35.3 Å². The van der Waals surface area contributed by atoms with Gasteiger partial charge in [-0.1, -0.05) is 12.1 Å². The van der Waals surface area contributed by atoms with Crippen molar-refractivity contribution in [2.75, 3.05) is 6.54 Å². The summed E-state index contributed by atoms with van der Waals surface area (Å²) in [6, 6.07) is 5.99. The van der Waals surface area contributed by atoms with Crippen molar-refractivity contribution in [1.29, 1.82) is 0 Å². The molecule has 1 aromatic carbocycles. The molecular formula is C14H17FN2OS. The SMILES string of the molecule is Cc1csc(C(C)NCC(O)c2ccc(F)cc2)n1. The summed E-state index contributed by atoms with van der Waals surface area (Å²) in [5, 5.41) is 16.2. The van der Waals surface area contributed by atoms with Gasteiger partial charge in [-0.15, -0.1) is 11.3 Å². The number of rotatable bonds is 5. The number of halogens is 1. The molecule has 2 aromatic rings. The summed E-state index contributed by atoms with van der Waals surface area (Å²) in [4.78, 5) is 4.40. The van der Waals surface area contributed by atoms with Gasteiger partial charge < -0.3 is 10.4 Å². The van der Waals surface area contributed by atoms with Crippen LogP contribution in [0.2, 0.25) is 0 Å². The van der Waals surface area contributed by atoms with Crippen LogP contribution in [0.15, 0.2) is 29.6 Å². The first-order valence-corrected chi connectivity index (χ1v) is 7.03. The summed E-state index contributed by atoms with van der Waals surface area (Å²) in [6.45, 7) is 4.38. The minimum Gasteiger partial charge on any atom is -0.387 e. The number of hydrogen-bond donors (Lipinski definition) is 2. The van der Waals surface area contributed by atoms with E-state index in [9.17, 15) is 9.50 Å². The summed E-state index contributed by atoms with van der Waals surface area (Å²) in [7, 11) is 0. The van der Waals surface area contributed by atoms with Gasteiger partial charge in [0.05, 0.1) is 12.1 Å². The smallest absolute Gasteiger partial charge is 0.123 e. The van der Waals surface area contributed by atoms with E-state index in [4.69, 9.17) is 0 Å². The van der Waals surface area contributed by atoms with Gasteiger partial charge in [-0.25, -0.2) is 9.37 Å². The molecule has 0 aliphatic heterocycles. The molecule has 0 bridgehead atoms. The van der Waals surface area contributed by atoms with Crippen molar-refractivity contribution in [2.45, 2.75) is 26.0 Å². The van der Waals surface area contributed by atoms with Crippen molar-refractivity contribution in [3.8, 4) is 0 Å². The summed E-state index contributed by atoms with van der Waals surface area (Å²) < 4.78 is 12.8. The van der Waals surface area contributed by atoms with Gasteiger partial charge >= 0.3 is 0 Å². The quantitative estimate of drug-likeness (QED) is 0.885. The van der Waals surface area contributed by atoms with Crippen LogP contribution in [0, 0.1) is 12.7 Å². The maximum absolute atomic E-state index is 12.8. The highest BCUT2D eigenvalue weighted by Crippen LogP contribution is 2.19. The average molecular weight is 280 g/mol. The number of aromatic nitrogens is 1. The first-order valence-electron chi connectivity index (χ1n) is 6.15. The zero-order chi connectivity index (χ0) is 13.8. The standard InChI is InChI=1S/C14H17FN2OS/c1-9-8-19-14(17-9)10(2)16-7-13(18)11-3-5-12(15)6-4-11/h3-6,8,10,13,16,18H,7H2,1-2H3. The molecule has 2 N–H and O–H groups in total. The molecule has 2 rings (SSSR count). The second kappa shape index (κ2) is 6.23. The van der Waals surface area contributed by atoms with Gasteiger partial charge in [0.15, 0.2) is 0 Å². The predicted octanol–water partition coefficient (Wildman–Crippen LogP) is 2.97. The second-order valence-electron chi connectivity index (χ2n) is 4.52. The lowest BCUT2D eigenvalue weighted by Crippen LogP contribution is -2.24. The number of nitrogens with zero attached hydrogens (tertiary/aromatic N) is 1. The molecule has 0 radical (unpaired) electrons. The van der Waals surface area contributed by atoms with E-state index in [1.165, 1.54) is 12.1 Å². The van der Waals surface area contributed by atoms with Gasteiger partial charge in [0.25, 0.3) is 0 Å². The Morgan fingerprint density at radius 2 is 2.05 bits per heavy atom. The van der Waals surface area contributed by atoms with Crippen molar-refractivity contribution in [3.05, 3.63) is 51.7 Å². The Kier molecular flexibility index (Phi) is 4.63. The van der Waals surface area contributed by atoms with Crippen LogP contribution in [0.25, 0.3) is 0 Å². The highest BCUT2D eigenvalue weighted by Gasteiger charge is 2.12. The van der Waals surface area contributed by atoms with Crippen LogP contribution in [0.5, 0.6) is 0 Å². The van der Waals surface area contributed by atoms with Crippen LogP contribution < -0.4 is 5.32 Å². The summed E-state index contributed by atoms with van der Waals surface area (Å²) in [6.07, 6.45) is -0.649. The normalized spacial score (nSPS) is 14.3. The molecule has 2 atom stereocenters. The first kappa shape index (κ1) is 14.1. The molecule has 0 fully saturated rings. The number of thiazole rings is 1. The fourth-order valence-electron chi connectivity index (χ4n) is 1.75. The third-order valence-electron chi connectivity index (χ3n) is 2.88. The van der Waals surface area contributed by atoms with Gasteiger partial charge in [0.2, 0.25) is 0 Å². The lowest BCUT2D eigenvalue weighted by molar-refractivity contribution is 0.170. The summed E-state index contributed by atoms with van der Waals surface area (Å²) in [5.74, 6) is -0.296. The minimum absolute atomic E-state index is 0.0915. The molecule has 0 saturated carbocycles. The molecule has 0 aliphatic rings. The lowest BCUT2D eigenvalue weighted by Gasteiger charge is -2.15. The van der Waals surface area contributed by atoms with Gasteiger partial charge in [-0.3, -0.25) is 0 Å². The van der Waals surface area contributed by atoms with E-state index in [0.29, 0.717) is 12.1 Å². The van der Waals surface area contributed by atoms with Crippen LogP contribution in [0.3, 0.4) is 0 Å². The molecule has 2 unspecified atom stereocenters. The van der Waals surface area contributed by atoms with Gasteiger partial charge in [-0.05, 0) is 31.5 Å². The number of benzene rings is 1. The molecule has 5 heteroatoms. The number of nitrogens with one attached hydrogen (secondary N) is 1. The molecule has 0 spiro atoms. The van der Waals surface area contributed by atoms with Crippen molar-refractivity contribution in [1.82, 2.24) is 10.3 Å². The molecule has 3 nitrogen and oxygen atoms in total. The van der Waals surface area contributed by atoms with Crippen molar-refractivity contribution in [3.63, 3.8) is 0 Å². The zero-order valence-electron chi connectivity index (χ0n) is 10.9. The molecule has 0 saturated heterocycles. The van der Waals surface area contributed by atoms with E-state index >= 15 is 0 Å². The third kappa shape index (κ3) is 3.83. The molecule has 1 heterocycles. The Balaban J connectivity index is 1.89. The van der Waals surface area contributed by atoms with E-state index in [0.717, 1.165) is 10.7 Å². The van der Waals surface area contributed by atoms with E-state index in [1.54, 1.807) is 23.5 Å². The monoisotopic (exact) mass is 280 g/mol. The minimum atomic E-state index is -0.649. The Bertz CT molecular complexity index is 526. The van der Waals surface area contributed by atoms with Gasteiger partial charge in [0.1, 0.15) is 10.8 Å². The molecule has 0 aliphatic carbocycles. The van der Waals surface area contributed by atoms with E-state index in [-0.39, 0.29) is 11.9 Å². The number of aliphatic hydroxyl groups is 1. The van der Waals surface area contributed by atoms with E-state index in [1.807, 2.05) is 19.2 Å². The Morgan fingerprint density at radius 3 is 2.63 bits per heavy atom. The lowest BCUT2D eigenvalue weighted by atomic mass is 10.1. The van der Waals surface area contributed by atoms with Crippen LogP contribution in [-0.4, -0.2) is 16.6 Å². The third-order valence-corrected chi connectivity index (χ3v) is 4.02. The Morgan fingerprint density at radius 1 is 1.37 bits per heavy atom. The highest BCUT2D eigenvalue weighted by molar-refractivity contribution is 7.09.